The number of hydrogen-bond donors (Lipinski definition) is 2. The van der Waals surface area contributed by atoms with Gasteiger partial charge in [0, 0.05) is 12.1 Å². The van der Waals surface area contributed by atoms with Crippen molar-refractivity contribution in [1.82, 2.24) is 0 Å². The lowest BCUT2D eigenvalue weighted by molar-refractivity contribution is 0.158. The molecule has 6 unspecified atom stereocenters. The minimum absolute atomic E-state index is 0.449. The van der Waals surface area contributed by atoms with E-state index >= 15 is 0 Å². The van der Waals surface area contributed by atoms with E-state index in [1.807, 2.05) is 0 Å². The van der Waals surface area contributed by atoms with Gasteiger partial charge in [-0.3, -0.25) is 0 Å². The highest BCUT2D eigenvalue weighted by Gasteiger charge is 2.32. The smallest absolute Gasteiger partial charge is 0.00930 e. The Morgan fingerprint density at radius 2 is 1.71 bits per heavy atom. The molecular formula is C15H30N2. The molecule has 6 atom stereocenters. The summed E-state index contributed by atoms with van der Waals surface area (Å²) in [7, 11) is 0. The molecule has 2 fully saturated rings. The van der Waals surface area contributed by atoms with Crippen LogP contribution in [-0.4, -0.2) is 12.1 Å². The summed E-state index contributed by atoms with van der Waals surface area (Å²) in [6, 6.07) is 0.903. The van der Waals surface area contributed by atoms with Gasteiger partial charge in [-0.15, -0.1) is 0 Å². The van der Waals surface area contributed by atoms with Crippen molar-refractivity contribution in [1.29, 1.82) is 0 Å². The lowest BCUT2D eigenvalue weighted by Crippen LogP contribution is -2.41. The Morgan fingerprint density at radius 3 is 2.41 bits per heavy atom. The van der Waals surface area contributed by atoms with E-state index in [2.05, 4.69) is 13.8 Å². The predicted molar refractivity (Wildman–Crippen MR) is 73.6 cm³/mol. The molecule has 0 aromatic carbocycles. The van der Waals surface area contributed by atoms with E-state index in [9.17, 15) is 0 Å². The van der Waals surface area contributed by atoms with Crippen LogP contribution in [-0.2, 0) is 0 Å². The molecule has 0 aromatic rings. The molecule has 0 aromatic heterocycles. The Labute approximate surface area is 107 Å². The Bertz CT molecular complexity index is 241. The van der Waals surface area contributed by atoms with Crippen molar-refractivity contribution in [3.63, 3.8) is 0 Å². The number of nitrogens with two attached hydrogens (primary N) is 2. The Kier molecular flexibility index (Phi) is 4.48. The zero-order chi connectivity index (χ0) is 12.4. The normalized spacial score (nSPS) is 48.0. The second-order valence-electron chi connectivity index (χ2n) is 6.80. The van der Waals surface area contributed by atoms with Crippen LogP contribution in [0.5, 0.6) is 0 Å². The van der Waals surface area contributed by atoms with Gasteiger partial charge in [0.2, 0.25) is 0 Å². The molecule has 0 bridgehead atoms. The second kappa shape index (κ2) is 5.71. The summed E-state index contributed by atoms with van der Waals surface area (Å²) in [5, 5.41) is 0. The van der Waals surface area contributed by atoms with Crippen molar-refractivity contribution in [2.75, 3.05) is 0 Å². The highest BCUT2D eigenvalue weighted by Crippen LogP contribution is 2.37. The largest absolute Gasteiger partial charge is 0.327 e. The van der Waals surface area contributed by atoms with Crippen molar-refractivity contribution in [2.45, 2.75) is 70.9 Å². The average molecular weight is 238 g/mol. The summed E-state index contributed by atoms with van der Waals surface area (Å²) in [6.45, 7) is 4.65. The van der Waals surface area contributed by atoms with Crippen LogP contribution in [0.25, 0.3) is 0 Å². The third-order valence-corrected chi connectivity index (χ3v) is 5.42. The van der Waals surface area contributed by atoms with Crippen LogP contribution in [0.3, 0.4) is 0 Å². The molecule has 0 saturated heterocycles. The van der Waals surface area contributed by atoms with Gasteiger partial charge in [-0.25, -0.2) is 0 Å². The van der Waals surface area contributed by atoms with E-state index in [4.69, 9.17) is 11.5 Å². The highest BCUT2D eigenvalue weighted by atomic mass is 14.7. The minimum atomic E-state index is 0.449. The van der Waals surface area contributed by atoms with Crippen LogP contribution in [0.4, 0.5) is 0 Å². The van der Waals surface area contributed by atoms with Crippen LogP contribution < -0.4 is 11.5 Å². The zero-order valence-corrected chi connectivity index (χ0v) is 11.6. The topological polar surface area (TPSA) is 52.0 Å². The predicted octanol–water partition coefficient (Wildman–Crippen LogP) is 2.90. The molecule has 0 heterocycles. The van der Waals surface area contributed by atoms with Gasteiger partial charge in [0.15, 0.2) is 0 Å². The van der Waals surface area contributed by atoms with Gasteiger partial charge in [0.05, 0.1) is 0 Å². The second-order valence-corrected chi connectivity index (χ2v) is 6.80. The fourth-order valence-corrected chi connectivity index (χ4v) is 4.00. The quantitative estimate of drug-likeness (QED) is 0.777. The SMILES string of the molecule is CC1CC(CC2CCCC(C)C2N)CCC1N. The van der Waals surface area contributed by atoms with Crippen LogP contribution in [0.2, 0.25) is 0 Å². The Hall–Kier alpha value is -0.0800. The molecule has 100 valence electrons. The molecule has 4 N–H and O–H groups in total. The van der Waals surface area contributed by atoms with Crippen LogP contribution in [0.15, 0.2) is 0 Å². The molecule has 2 saturated carbocycles. The van der Waals surface area contributed by atoms with Gasteiger partial charge in [0.1, 0.15) is 0 Å². The first-order valence-electron chi connectivity index (χ1n) is 7.59. The molecule has 2 aliphatic rings. The van der Waals surface area contributed by atoms with Crippen molar-refractivity contribution < 1.29 is 0 Å². The zero-order valence-electron chi connectivity index (χ0n) is 11.6. The van der Waals surface area contributed by atoms with E-state index in [1.165, 1.54) is 44.9 Å². The Morgan fingerprint density at radius 1 is 0.941 bits per heavy atom. The van der Waals surface area contributed by atoms with Gasteiger partial charge >= 0.3 is 0 Å². The van der Waals surface area contributed by atoms with E-state index in [0.717, 1.165) is 17.8 Å². The van der Waals surface area contributed by atoms with E-state index in [0.29, 0.717) is 18.0 Å². The van der Waals surface area contributed by atoms with E-state index < -0.39 is 0 Å². The van der Waals surface area contributed by atoms with E-state index in [-0.39, 0.29) is 0 Å². The molecule has 2 heteroatoms. The van der Waals surface area contributed by atoms with Crippen LogP contribution in [0, 0.1) is 23.7 Å². The maximum absolute atomic E-state index is 6.38. The summed E-state index contributed by atoms with van der Waals surface area (Å²) >= 11 is 0. The molecule has 0 radical (unpaired) electrons. The fraction of sp³-hybridized carbons (Fsp3) is 1.00. The Balaban J connectivity index is 1.84. The van der Waals surface area contributed by atoms with Gasteiger partial charge in [-0.1, -0.05) is 20.3 Å². The van der Waals surface area contributed by atoms with Crippen LogP contribution in [0.1, 0.15) is 58.8 Å². The summed E-state index contributed by atoms with van der Waals surface area (Å²) in [6.07, 6.45) is 9.35. The monoisotopic (exact) mass is 238 g/mol. The lowest BCUT2D eigenvalue weighted by atomic mass is 9.70. The van der Waals surface area contributed by atoms with Crippen molar-refractivity contribution in [2.24, 2.45) is 35.1 Å². The maximum Gasteiger partial charge on any atom is 0.00930 e. The highest BCUT2D eigenvalue weighted by molar-refractivity contribution is 4.87. The molecule has 0 spiro atoms. The minimum Gasteiger partial charge on any atom is -0.327 e. The van der Waals surface area contributed by atoms with Gasteiger partial charge < -0.3 is 11.5 Å². The molecular weight excluding hydrogens is 208 g/mol. The molecule has 2 rings (SSSR count). The molecule has 17 heavy (non-hydrogen) atoms. The number of hydrogen-bond acceptors (Lipinski definition) is 2. The van der Waals surface area contributed by atoms with Gasteiger partial charge in [0.25, 0.3) is 0 Å². The third-order valence-electron chi connectivity index (χ3n) is 5.42. The first kappa shape index (κ1) is 13.4. The summed E-state index contributed by atoms with van der Waals surface area (Å²) in [5.74, 6) is 3.12. The van der Waals surface area contributed by atoms with Crippen molar-refractivity contribution in [3.05, 3.63) is 0 Å². The van der Waals surface area contributed by atoms with Gasteiger partial charge in [-0.05, 0) is 62.2 Å². The summed E-state index contributed by atoms with van der Waals surface area (Å²) in [5.41, 5.74) is 12.5. The third kappa shape index (κ3) is 3.23. The number of rotatable bonds is 2. The molecule has 2 aliphatic carbocycles. The first-order chi connectivity index (χ1) is 8.08. The molecule has 2 nitrogen and oxygen atoms in total. The van der Waals surface area contributed by atoms with Crippen molar-refractivity contribution in [3.8, 4) is 0 Å². The fourth-order valence-electron chi connectivity index (χ4n) is 4.00. The van der Waals surface area contributed by atoms with E-state index in [1.54, 1.807) is 0 Å². The summed E-state index contributed by atoms with van der Waals surface area (Å²) < 4.78 is 0. The first-order valence-corrected chi connectivity index (χ1v) is 7.59. The summed E-state index contributed by atoms with van der Waals surface area (Å²) in [4.78, 5) is 0. The molecule has 0 aliphatic heterocycles. The van der Waals surface area contributed by atoms with Crippen LogP contribution >= 0.6 is 0 Å². The van der Waals surface area contributed by atoms with Crippen molar-refractivity contribution >= 4 is 0 Å². The lowest BCUT2D eigenvalue weighted by Gasteiger charge is -2.39. The maximum atomic E-state index is 6.38. The standard InChI is InChI=1S/C15H30N2/c1-10-4-3-5-13(15(10)17)9-12-6-7-14(16)11(2)8-12/h10-15H,3-9,16-17H2,1-2H3. The molecule has 0 amide bonds. The average Bonchev–Trinajstić information content (AvgIpc) is 2.30. The van der Waals surface area contributed by atoms with Gasteiger partial charge in [-0.2, -0.15) is 0 Å².